The number of nitrogens with zero attached hydrogens (tertiary/aromatic N) is 2. The zero-order valence-electron chi connectivity index (χ0n) is 13.1. The van der Waals surface area contributed by atoms with Gasteiger partial charge in [-0.25, -0.2) is 4.79 Å². The first-order valence-corrected chi connectivity index (χ1v) is 8.34. The first-order chi connectivity index (χ1) is 11.1. The number of benzene rings is 1. The van der Waals surface area contributed by atoms with Crippen LogP contribution in [0.25, 0.3) is 0 Å². The Morgan fingerprint density at radius 1 is 1.17 bits per heavy atom. The summed E-state index contributed by atoms with van der Waals surface area (Å²) in [4.78, 5) is 28.0. The number of rotatable bonds is 2. The van der Waals surface area contributed by atoms with E-state index in [9.17, 15) is 9.59 Å². The van der Waals surface area contributed by atoms with Crippen molar-refractivity contribution in [2.24, 2.45) is 17.6 Å². The quantitative estimate of drug-likeness (QED) is 0.855. The molecule has 1 saturated carbocycles. The van der Waals surface area contributed by atoms with Crippen molar-refractivity contribution in [3.8, 4) is 0 Å². The minimum atomic E-state index is -0.0783. The number of nitrogens with one attached hydrogen (secondary N) is 1. The highest BCUT2D eigenvalue weighted by molar-refractivity contribution is 5.97. The van der Waals surface area contributed by atoms with E-state index in [2.05, 4.69) is 5.32 Å². The summed E-state index contributed by atoms with van der Waals surface area (Å²) >= 11 is 0. The number of fused-ring (bicyclic) bond motifs is 1. The van der Waals surface area contributed by atoms with Crippen molar-refractivity contribution in [2.45, 2.75) is 18.9 Å². The minimum Gasteiger partial charge on any atom is -0.338 e. The van der Waals surface area contributed by atoms with Gasteiger partial charge in [-0.05, 0) is 48.9 Å². The molecule has 23 heavy (non-hydrogen) atoms. The van der Waals surface area contributed by atoms with Gasteiger partial charge < -0.3 is 16.0 Å². The highest BCUT2D eigenvalue weighted by Crippen LogP contribution is 2.37. The summed E-state index contributed by atoms with van der Waals surface area (Å²) < 4.78 is 0. The number of amides is 3. The lowest BCUT2D eigenvalue weighted by atomic mass is 9.98. The van der Waals surface area contributed by atoms with E-state index < -0.39 is 0 Å². The highest BCUT2D eigenvalue weighted by Gasteiger charge is 2.42. The molecule has 2 heterocycles. The number of hydrogen-bond acceptors (Lipinski definition) is 3. The van der Waals surface area contributed by atoms with Crippen molar-refractivity contribution in [1.82, 2.24) is 10.2 Å². The Morgan fingerprint density at radius 3 is 2.61 bits per heavy atom. The second kappa shape index (κ2) is 5.53. The molecular formula is C17H22N4O2. The number of hydrogen-bond donors (Lipinski definition) is 2. The third-order valence-corrected chi connectivity index (χ3v) is 5.48. The fourth-order valence-electron chi connectivity index (χ4n) is 4.16. The Balaban J connectivity index is 1.46. The van der Waals surface area contributed by atoms with Gasteiger partial charge in [0.05, 0.1) is 0 Å². The van der Waals surface area contributed by atoms with E-state index in [4.69, 9.17) is 5.73 Å². The van der Waals surface area contributed by atoms with Crippen molar-refractivity contribution >= 4 is 17.6 Å². The number of anilines is 1. The molecule has 3 aliphatic rings. The van der Waals surface area contributed by atoms with Gasteiger partial charge in [-0.3, -0.25) is 9.69 Å². The zero-order chi connectivity index (χ0) is 16.0. The monoisotopic (exact) mass is 314 g/mol. The van der Waals surface area contributed by atoms with Gasteiger partial charge in [-0.1, -0.05) is 0 Å². The van der Waals surface area contributed by atoms with Crippen molar-refractivity contribution in [3.63, 3.8) is 0 Å². The predicted octanol–water partition coefficient (Wildman–Crippen LogP) is 1.03. The van der Waals surface area contributed by atoms with E-state index in [0.29, 0.717) is 30.5 Å². The van der Waals surface area contributed by atoms with Crippen molar-refractivity contribution < 1.29 is 9.59 Å². The average Bonchev–Trinajstić information content (AvgIpc) is 3.25. The van der Waals surface area contributed by atoms with Gasteiger partial charge in [-0.15, -0.1) is 0 Å². The molecular weight excluding hydrogens is 292 g/mol. The summed E-state index contributed by atoms with van der Waals surface area (Å²) in [5.74, 6) is 1.11. The molecule has 1 aromatic rings. The summed E-state index contributed by atoms with van der Waals surface area (Å²) in [6.45, 7) is 2.93. The van der Waals surface area contributed by atoms with Crippen LogP contribution in [0, 0.1) is 11.8 Å². The van der Waals surface area contributed by atoms with Gasteiger partial charge in [-0.2, -0.15) is 0 Å². The van der Waals surface area contributed by atoms with Crippen LogP contribution < -0.4 is 16.0 Å². The van der Waals surface area contributed by atoms with Crippen LogP contribution in [0.1, 0.15) is 23.2 Å². The van der Waals surface area contributed by atoms with E-state index >= 15 is 0 Å². The lowest BCUT2D eigenvalue weighted by molar-refractivity contribution is 0.0779. The summed E-state index contributed by atoms with van der Waals surface area (Å²) in [6, 6.07) is 7.50. The van der Waals surface area contributed by atoms with Crippen LogP contribution in [0.3, 0.4) is 0 Å². The Kier molecular flexibility index (Phi) is 3.49. The number of carbonyl (C=O) groups excluding carboxylic acids is 2. The van der Waals surface area contributed by atoms with Crippen molar-refractivity contribution in [3.05, 3.63) is 29.8 Å². The molecule has 4 rings (SSSR count). The van der Waals surface area contributed by atoms with E-state index in [-0.39, 0.29) is 18.0 Å². The van der Waals surface area contributed by atoms with Gasteiger partial charge in [0.2, 0.25) is 0 Å². The lowest BCUT2D eigenvalue weighted by Crippen LogP contribution is -2.33. The van der Waals surface area contributed by atoms with Crippen LogP contribution in [0.4, 0.5) is 10.5 Å². The molecule has 3 N–H and O–H groups in total. The number of urea groups is 1. The molecule has 3 amide bonds. The standard InChI is InChI=1S/C17H22N4O2/c18-15-6-3-12-9-20(10-14(12)15)16(22)11-1-4-13(5-2-11)21-8-7-19-17(21)23/h1-2,4-5,12,14-15H,3,6-10,18H2,(H,19,23). The Morgan fingerprint density at radius 2 is 1.96 bits per heavy atom. The summed E-state index contributed by atoms with van der Waals surface area (Å²) in [7, 11) is 0. The van der Waals surface area contributed by atoms with E-state index in [0.717, 1.165) is 31.6 Å². The summed E-state index contributed by atoms with van der Waals surface area (Å²) in [5.41, 5.74) is 7.66. The van der Waals surface area contributed by atoms with Gasteiger partial charge >= 0.3 is 6.03 Å². The molecule has 6 heteroatoms. The Hall–Kier alpha value is -2.08. The first-order valence-electron chi connectivity index (χ1n) is 8.34. The number of carbonyl (C=O) groups is 2. The number of likely N-dealkylation sites (tertiary alicyclic amines) is 1. The molecule has 0 aromatic heterocycles. The molecule has 122 valence electrons. The molecule has 0 spiro atoms. The number of nitrogens with two attached hydrogens (primary N) is 1. The highest BCUT2D eigenvalue weighted by atomic mass is 16.2. The first kappa shape index (κ1) is 14.5. The third-order valence-electron chi connectivity index (χ3n) is 5.48. The van der Waals surface area contributed by atoms with Gasteiger partial charge in [0.25, 0.3) is 5.91 Å². The van der Waals surface area contributed by atoms with Crippen LogP contribution in [0.5, 0.6) is 0 Å². The molecule has 3 atom stereocenters. The average molecular weight is 314 g/mol. The molecule has 3 fully saturated rings. The second-order valence-electron chi connectivity index (χ2n) is 6.81. The van der Waals surface area contributed by atoms with Gasteiger partial charge in [0, 0.05) is 43.5 Å². The fourth-order valence-corrected chi connectivity index (χ4v) is 4.16. The molecule has 2 aliphatic heterocycles. The van der Waals surface area contributed by atoms with Crippen LogP contribution in [0.15, 0.2) is 24.3 Å². The van der Waals surface area contributed by atoms with Gasteiger partial charge in [0.1, 0.15) is 0 Å². The minimum absolute atomic E-state index is 0.0732. The summed E-state index contributed by atoms with van der Waals surface area (Å²) in [6.07, 6.45) is 2.22. The molecule has 0 bridgehead atoms. The maximum atomic E-state index is 12.7. The van der Waals surface area contributed by atoms with E-state index in [1.165, 1.54) is 0 Å². The molecule has 2 saturated heterocycles. The summed E-state index contributed by atoms with van der Waals surface area (Å²) in [5, 5.41) is 2.78. The second-order valence-corrected chi connectivity index (χ2v) is 6.81. The molecule has 1 aliphatic carbocycles. The topological polar surface area (TPSA) is 78.7 Å². The van der Waals surface area contributed by atoms with Crippen molar-refractivity contribution in [1.29, 1.82) is 0 Å². The maximum absolute atomic E-state index is 12.7. The van der Waals surface area contributed by atoms with Crippen LogP contribution >= 0.6 is 0 Å². The predicted molar refractivity (Wildman–Crippen MR) is 87.3 cm³/mol. The Labute approximate surface area is 135 Å². The van der Waals surface area contributed by atoms with Crippen LogP contribution in [-0.4, -0.2) is 49.1 Å². The van der Waals surface area contributed by atoms with Gasteiger partial charge in [0.15, 0.2) is 0 Å². The molecule has 1 aromatic carbocycles. The zero-order valence-corrected chi connectivity index (χ0v) is 13.1. The molecule has 6 nitrogen and oxygen atoms in total. The van der Waals surface area contributed by atoms with Crippen LogP contribution in [0.2, 0.25) is 0 Å². The van der Waals surface area contributed by atoms with Crippen LogP contribution in [-0.2, 0) is 0 Å². The molecule has 3 unspecified atom stereocenters. The smallest absolute Gasteiger partial charge is 0.321 e. The third kappa shape index (κ3) is 2.47. The SMILES string of the molecule is NC1CCC2CN(C(=O)c3ccc(N4CCNC4=O)cc3)CC12. The van der Waals surface area contributed by atoms with Crippen molar-refractivity contribution in [2.75, 3.05) is 31.1 Å². The lowest BCUT2D eigenvalue weighted by Gasteiger charge is -2.19. The van der Waals surface area contributed by atoms with E-state index in [1.807, 2.05) is 29.2 Å². The Bertz CT molecular complexity index is 630. The maximum Gasteiger partial charge on any atom is 0.321 e. The molecule has 0 radical (unpaired) electrons. The van der Waals surface area contributed by atoms with E-state index in [1.54, 1.807) is 4.90 Å². The fraction of sp³-hybridized carbons (Fsp3) is 0.529. The largest absolute Gasteiger partial charge is 0.338 e. The normalized spacial score (nSPS) is 29.8.